The maximum absolute atomic E-state index is 11.1. The SMILES string of the molecule is CCCCc1cccc2c3c(ccc12)C1=C(CCC=C1)CC3.O=C(Cl)c1cc2cc3ccccc3nc2s1. The molecule has 38 heavy (non-hydrogen) atoms. The molecule has 0 unspecified atom stereocenters. The van der Waals surface area contributed by atoms with E-state index in [1.54, 1.807) is 17.2 Å². The lowest BCUT2D eigenvalue weighted by molar-refractivity contribution is 0.108. The van der Waals surface area contributed by atoms with Gasteiger partial charge in [0.05, 0.1) is 10.4 Å². The lowest BCUT2D eigenvalue weighted by Crippen LogP contribution is -2.07. The van der Waals surface area contributed by atoms with Crippen molar-refractivity contribution in [1.82, 2.24) is 4.98 Å². The van der Waals surface area contributed by atoms with Gasteiger partial charge in [0.2, 0.25) is 0 Å². The summed E-state index contributed by atoms with van der Waals surface area (Å²) in [6.45, 7) is 2.27. The van der Waals surface area contributed by atoms with Crippen LogP contribution in [0.25, 0.3) is 37.5 Å². The summed E-state index contributed by atoms with van der Waals surface area (Å²) in [5, 5.41) is 4.59. The maximum atomic E-state index is 11.1. The predicted molar refractivity (Wildman–Crippen MR) is 163 cm³/mol. The van der Waals surface area contributed by atoms with E-state index in [0.717, 1.165) is 21.1 Å². The van der Waals surface area contributed by atoms with E-state index in [1.165, 1.54) is 83.8 Å². The third-order valence-corrected chi connectivity index (χ3v) is 9.07. The summed E-state index contributed by atoms with van der Waals surface area (Å²) in [7, 11) is 0. The number of carbonyl (C=O) groups is 1. The molecule has 0 spiro atoms. The van der Waals surface area contributed by atoms with Gasteiger partial charge in [-0.1, -0.05) is 79.6 Å². The molecule has 0 aliphatic heterocycles. The van der Waals surface area contributed by atoms with Gasteiger partial charge >= 0.3 is 0 Å². The number of rotatable bonds is 4. The summed E-state index contributed by atoms with van der Waals surface area (Å²) in [5.41, 5.74) is 8.75. The first kappa shape index (κ1) is 25.0. The van der Waals surface area contributed by atoms with Crippen LogP contribution in [0.15, 0.2) is 84.5 Å². The van der Waals surface area contributed by atoms with Crippen LogP contribution in [-0.4, -0.2) is 10.2 Å². The van der Waals surface area contributed by atoms with E-state index in [-0.39, 0.29) is 0 Å². The van der Waals surface area contributed by atoms with Gasteiger partial charge in [-0.15, -0.1) is 11.3 Å². The van der Waals surface area contributed by atoms with Gasteiger partial charge in [0.15, 0.2) is 0 Å². The zero-order valence-corrected chi connectivity index (χ0v) is 23.2. The number of aryl methyl sites for hydroxylation is 2. The highest BCUT2D eigenvalue weighted by molar-refractivity contribution is 7.21. The van der Waals surface area contributed by atoms with E-state index in [9.17, 15) is 4.79 Å². The van der Waals surface area contributed by atoms with E-state index < -0.39 is 5.24 Å². The van der Waals surface area contributed by atoms with Crippen molar-refractivity contribution >= 4 is 65.6 Å². The van der Waals surface area contributed by atoms with Gasteiger partial charge in [-0.2, -0.15) is 0 Å². The fourth-order valence-electron chi connectivity index (χ4n) is 5.79. The van der Waals surface area contributed by atoms with Gasteiger partial charge in [0, 0.05) is 10.8 Å². The van der Waals surface area contributed by atoms with E-state index in [4.69, 9.17) is 11.6 Å². The number of para-hydroxylation sites is 1. The van der Waals surface area contributed by atoms with Crippen LogP contribution in [0.4, 0.5) is 0 Å². The molecule has 2 aliphatic rings. The van der Waals surface area contributed by atoms with Crippen molar-refractivity contribution in [3.8, 4) is 0 Å². The molecular weight excluding hydrogens is 506 g/mol. The number of nitrogens with zero attached hydrogens (tertiary/aromatic N) is 1. The van der Waals surface area contributed by atoms with Crippen molar-refractivity contribution in [3.63, 3.8) is 0 Å². The second-order valence-electron chi connectivity index (χ2n) is 10.1. The van der Waals surface area contributed by atoms with Crippen molar-refractivity contribution in [2.45, 2.75) is 51.9 Å². The Hall–Kier alpha value is -3.27. The van der Waals surface area contributed by atoms with Crippen LogP contribution < -0.4 is 0 Å². The predicted octanol–water partition coefficient (Wildman–Crippen LogP) is 10.1. The highest BCUT2D eigenvalue weighted by atomic mass is 35.5. The number of aromatic nitrogens is 1. The van der Waals surface area contributed by atoms with Crippen molar-refractivity contribution < 1.29 is 4.79 Å². The van der Waals surface area contributed by atoms with Crippen LogP contribution in [0.1, 0.15) is 65.4 Å². The smallest absolute Gasteiger partial charge is 0.262 e. The van der Waals surface area contributed by atoms with Gasteiger partial charge < -0.3 is 0 Å². The largest absolute Gasteiger partial charge is 0.275 e. The molecule has 4 heteroatoms. The van der Waals surface area contributed by atoms with Crippen LogP contribution in [-0.2, 0) is 12.8 Å². The van der Waals surface area contributed by atoms with Crippen LogP contribution in [0.2, 0.25) is 0 Å². The number of benzene rings is 3. The zero-order chi connectivity index (χ0) is 26.1. The Bertz CT molecular complexity index is 1690. The first-order chi connectivity index (χ1) is 18.6. The quantitative estimate of drug-likeness (QED) is 0.214. The van der Waals surface area contributed by atoms with E-state index in [0.29, 0.717) is 4.88 Å². The summed E-state index contributed by atoms with van der Waals surface area (Å²) in [6.07, 6.45) is 13.4. The van der Waals surface area contributed by atoms with Crippen LogP contribution in [0.3, 0.4) is 0 Å². The summed E-state index contributed by atoms with van der Waals surface area (Å²) in [5.74, 6) is 0. The maximum Gasteiger partial charge on any atom is 0.262 e. The Kier molecular flexibility index (Phi) is 7.14. The second-order valence-corrected chi connectivity index (χ2v) is 11.5. The molecule has 2 nitrogen and oxygen atoms in total. The number of carbonyl (C=O) groups excluding carboxylic acids is 1. The molecule has 190 valence electrons. The van der Waals surface area contributed by atoms with Crippen molar-refractivity contribution in [3.05, 3.63) is 106 Å². The zero-order valence-electron chi connectivity index (χ0n) is 21.6. The fraction of sp³-hybridized carbons (Fsp3) is 0.235. The number of unbranched alkanes of at least 4 members (excludes halogenated alkanes) is 1. The Morgan fingerprint density at radius 3 is 2.71 bits per heavy atom. The first-order valence-electron chi connectivity index (χ1n) is 13.5. The van der Waals surface area contributed by atoms with Gasteiger partial charge in [-0.05, 0) is 101 Å². The molecule has 7 rings (SSSR count). The van der Waals surface area contributed by atoms with Gasteiger partial charge in [-0.3, -0.25) is 4.79 Å². The number of pyridine rings is 1. The molecule has 3 aromatic carbocycles. The molecular formula is C34H30ClNOS. The Balaban J connectivity index is 0.000000146. The summed E-state index contributed by atoms with van der Waals surface area (Å²) in [4.78, 5) is 16.9. The topological polar surface area (TPSA) is 30.0 Å². The number of fused-ring (bicyclic) bond motifs is 6. The Labute approximate surface area is 232 Å². The number of thiophene rings is 1. The van der Waals surface area contributed by atoms with Crippen LogP contribution >= 0.6 is 22.9 Å². The minimum atomic E-state index is -0.424. The molecule has 0 atom stereocenters. The van der Waals surface area contributed by atoms with Gasteiger partial charge in [0.1, 0.15) is 4.83 Å². The highest BCUT2D eigenvalue weighted by Crippen LogP contribution is 2.40. The third-order valence-electron chi connectivity index (χ3n) is 7.71. The van der Waals surface area contributed by atoms with Crippen LogP contribution in [0, 0.1) is 0 Å². The first-order valence-corrected chi connectivity index (χ1v) is 14.7. The van der Waals surface area contributed by atoms with Crippen molar-refractivity contribution in [2.24, 2.45) is 0 Å². The van der Waals surface area contributed by atoms with Gasteiger partial charge in [0.25, 0.3) is 5.24 Å². The summed E-state index contributed by atoms with van der Waals surface area (Å²) in [6, 6.07) is 23.4. The molecule has 0 fully saturated rings. The molecule has 2 aromatic heterocycles. The third kappa shape index (κ3) is 4.81. The molecule has 0 bridgehead atoms. The number of hydrogen-bond acceptors (Lipinski definition) is 3. The van der Waals surface area contributed by atoms with Gasteiger partial charge in [-0.25, -0.2) is 4.98 Å². The standard InChI is InChI=1S/C22H24.C12H6ClNOS/c1-2-3-7-16-9-6-11-20-19(16)14-15-21-18-10-5-4-8-17(18)12-13-22(20)21;13-11(15)10-6-8-5-7-3-1-2-4-9(7)14-12(8)16-10/h5-6,9-11,14-15H,2-4,7-8,12-13H2,1H3;1-6H. The number of allylic oxidation sites excluding steroid dienone is 4. The number of halogens is 1. The minimum absolute atomic E-state index is 0.424. The van der Waals surface area contributed by atoms with Crippen molar-refractivity contribution in [1.29, 1.82) is 0 Å². The molecule has 0 amide bonds. The second kappa shape index (κ2) is 10.8. The average Bonchev–Trinajstić information content (AvgIpc) is 3.38. The summed E-state index contributed by atoms with van der Waals surface area (Å²) < 4.78 is 0. The Morgan fingerprint density at radius 1 is 0.947 bits per heavy atom. The van der Waals surface area contributed by atoms with Crippen molar-refractivity contribution in [2.75, 3.05) is 0 Å². The lowest BCUT2D eigenvalue weighted by Gasteiger charge is -2.25. The normalized spacial score (nSPS) is 14.4. The van der Waals surface area contributed by atoms with E-state index in [1.807, 2.05) is 30.3 Å². The highest BCUT2D eigenvalue weighted by Gasteiger charge is 2.21. The van der Waals surface area contributed by atoms with E-state index in [2.05, 4.69) is 54.4 Å². The summed E-state index contributed by atoms with van der Waals surface area (Å²) >= 11 is 6.78. The molecule has 0 saturated carbocycles. The fourth-order valence-corrected chi connectivity index (χ4v) is 6.82. The molecule has 0 radical (unpaired) electrons. The lowest BCUT2D eigenvalue weighted by atomic mass is 9.79. The van der Waals surface area contributed by atoms with Crippen LogP contribution in [0.5, 0.6) is 0 Å². The molecule has 5 aromatic rings. The molecule has 0 N–H and O–H groups in total. The molecule has 2 heterocycles. The monoisotopic (exact) mass is 535 g/mol. The van der Waals surface area contributed by atoms with E-state index >= 15 is 0 Å². The number of hydrogen-bond donors (Lipinski definition) is 0. The minimum Gasteiger partial charge on any atom is -0.275 e. The average molecular weight is 536 g/mol. The molecule has 2 aliphatic carbocycles. The Morgan fingerprint density at radius 2 is 1.84 bits per heavy atom. The molecule has 0 saturated heterocycles.